The molecule has 0 N–H and O–H groups in total. The Morgan fingerprint density at radius 1 is 0.960 bits per heavy atom. The molecule has 0 aliphatic carbocycles. The van der Waals surface area contributed by atoms with Gasteiger partial charge in [0.1, 0.15) is 11.4 Å². The van der Waals surface area contributed by atoms with E-state index in [1.807, 2.05) is 26.8 Å². The lowest BCUT2D eigenvalue weighted by Crippen LogP contribution is -2.50. The highest BCUT2D eigenvalue weighted by Crippen LogP contribution is 2.33. The van der Waals surface area contributed by atoms with Gasteiger partial charge in [-0.3, -0.25) is 0 Å². The summed E-state index contributed by atoms with van der Waals surface area (Å²) in [5, 5.41) is 0. The van der Waals surface area contributed by atoms with Crippen LogP contribution in [0.4, 0.5) is 20.6 Å². The van der Waals surface area contributed by atoms with Gasteiger partial charge in [-0.05, 0) is 51.8 Å². The minimum Gasteiger partial charge on any atom is -0.444 e. The van der Waals surface area contributed by atoms with E-state index in [1.165, 1.54) is 6.07 Å². The first-order chi connectivity index (χ1) is 11.8. The molecule has 0 unspecified atom stereocenters. The van der Waals surface area contributed by atoms with Gasteiger partial charge in [0.05, 0.1) is 11.4 Å². The maximum absolute atomic E-state index is 13.8. The minimum absolute atomic E-state index is 0.196. The molecule has 0 aromatic heterocycles. The van der Waals surface area contributed by atoms with E-state index in [9.17, 15) is 9.18 Å². The van der Waals surface area contributed by atoms with Crippen molar-refractivity contribution in [3.05, 3.63) is 24.0 Å². The number of amides is 1. The third-order valence-corrected chi connectivity index (χ3v) is 4.66. The third-order valence-electron chi connectivity index (χ3n) is 4.66. The lowest BCUT2D eigenvalue weighted by atomic mass is 10.2. The number of rotatable bonds is 2. The van der Waals surface area contributed by atoms with Gasteiger partial charge in [0.15, 0.2) is 0 Å². The Bertz CT molecular complexity index is 616. The molecule has 0 spiro atoms. The maximum atomic E-state index is 13.8. The Morgan fingerprint density at radius 3 is 2.16 bits per heavy atom. The van der Waals surface area contributed by atoms with Gasteiger partial charge in [0, 0.05) is 39.3 Å². The van der Waals surface area contributed by atoms with Crippen molar-refractivity contribution in [1.82, 2.24) is 4.90 Å². The Kier molecular flexibility index (Phi) is 5.06. The molecule has 0 atom stereocenters. The summed E-state index contributed by atoms with van der Waals surface area (Å²) in [6, 6.07) is 5.03. The first-order valence-electron chi connectivity index (χ1n) is 9.11. The van der Waals surface area contributed by atoms with Gasteiger partial charge < -0.3 is 19.4 Å². The van der Waals surface area contributed by atoms with Crippen LogP contribution in [-0.2, 0) is 4.74 Å². The standard InChI is InChI=1S/C19H28FN3O2/c1-19(2,3)25-18(24)23-12-10-22(11-13-23)16-7-6-15(20)14-17(16)21-8-4-5-9-21/h6-7,14H,4-5,8-13H2,1-3H3. The predicted octanol–water partition coefficient (Wildman–Crippen LogP) is 3.48. The van der Waals surface area contributed by atoms with Crippen LogP contribution in [0.25, 0.3) is 0 Å². The van der Waals surface area contributed by atoms with Crippen molar-refractivity contribution in [3.8, 4) is 0 Å². The first-order valence-corrected chi connectivity index (χ1v) is 9.11. The SMILES string of the molecule is CC(C)(C)OC(=O)N1CCN(c2ccc(F)cc2N2CCCC2)CC1. The summed E-state index contributed by atoms with van der Waals surface area (Å²) in [4.78, 5) is 18.5. The monoisotopic (exact) mass is 349 g/mol. The maximum Gasteiger partial charge on any atom is 0.410 e. The fourth-order valence-electron chi connectivity index (χ4n) is 3.43. The second-order valence-corrected chi connectivity index (χ2v) is 7.78. The van der Waals surface area contributed by atoms with Gasteiger partial charge in [0.25, 0.3) is 0 Å². The predicted molar refractivity (Wildman–Crippen MR) is 97.9 cm³/mol. The number of carbonyl (C=O) groups excluding carboxylic acids is 1. The molecule has 5 nitrogen and oxygen atoms in total. The van der Waals surface area contributed by atoms with E-state index in [2.05, 4.69) is 9.80 Å². The van der Waals surface area contributed by atoms with E-state index in [1.54, 1.807) is 11.0 Å². The summed E-state index contributed by atoms with van der Waals surface area (Å²) in [6.45, 7) is 10.3. The van der Waals surface area contributed by atoms with E-state index in [-0.39, 0.29) is 11.9 Å². The molecule has 6 heteroatoms. The van der Waals surface area contributed by atoms with Crippen LogP contribution < -0.4 is 9.80 Å². The van der Waals surface area contributed by atoms with Crippen molar-refractivity contribution in [3.63, 3.8) is 0 Å². The average molecular weight is 349 g/mol. The molecule has 0 radical (unpaired) electrons. The number of hydrogen-bond acceptors (Lipinski definition) is 4. The summed E-state index contributed by atoms with van der Waals surface area (Å²) in [5.41, 5.74) is 1.56. The second-order valence-electron chi connectivity index (χ2n) is 7.78. The van der Waals surface area contributed by atoms with Gasteiger partial charge >= 0.3 is 6.09 Å². The zero-order chi connectivity index (χ0) is 18.0. The molecule has 2 aliphatic rings. The van der Waals surface area contributed by atoms with Crippen LogP contribution in [0.1, 0.15) is 33.6 Å². The van der Waals surface area contributed by atoms with Gasteiger partial charge in [-0.2, -0.15) is 0 Å². The lowest BCUT2D eigenvalue weighted by Gasteiger charge is -2.38. The molecule has 0 saturated carbocycles. The molecule has 2 fully saturated rings. The largest absolute Gasteiger partial charge is 0.444 e. The number of piperazine rings is 1. The molecule has 2 saturated heterocycles. The van der Waals surface area contributed by atoms with Crippen molar-refractivity contribution in [1.29, 1.82) is 0 Å². The number of anilines is 2. The number of carbonyl (C=O) groups is 1. The highest BCUT2D eigenvalue weighted by molar-refractivity contribution is 5.73. The Morgan fingerprint density at radius 2 is 1.56 bits per heavy atom. The Labute approximate surface area is 149 Å². The van der Waals surface area contributed by atoms with E-state index in [0.717, 1.165) is 50.4 Å². The fraction of sp³-hybridized carbons (Fsp3) is 0.632. The molecular weight excluding hydrogens is 321 g/mol. The Balaban J connectivity index is 1.68. The number of ether oxygens (including phenoxy) is 1. The molecular formula is C19H28FN3O2. The fourth-order valence-corrected chi connectivity index (χ4v) is 3.43. The topological polar surface area (TPSA) is 36.0 Å². The van der Waals surface area contributed by atoms with E-state index >= 15 is 0 Å². The summed E-state index contributed by atoms with van der Waals surface area (Å²) < 4.78 is 19.2. The summed E-state index contributed by atoms with van der Waals surface area (Å²) in [7, 11) is 0. The third kappa shape index (κ3) is 4.35. The van der Waals surface area contributed by atoms with E-state index in [4.69, 9.17) is 4.74 Å². The molecule has 2 heterocycles. The highest BCUT2D eigenvalue weighted by Gasteiger charge is 2.27. The molecule has 2 aliphatic heterocycles. The smallest absolute Gasteiger partial charge is 0.410 e. The van der Waals surface area contributed by atoms with Crippen LogP contribution >= 0.6 is 0 Å². The number of halogens is 1. The average Bonchev–Trinajstić information content (AvgIpc) is 3.08. The highest BCUT2D eigenvalue weighted by atomic mass is 19.1. The van der Waals surface area contributed by atoms with Gasteiger partial charge in [0.2, 0.25) is 0 Å². The van der Waals surface area contributed by atoms with Crippen molar-refractivity contribution >= 4 is 17.5 Å². The van der Waals surface area contributed by atoms with Crippen LogP contribution in [0.2, 0.25) is 0 Å². The molecule has 1 aromatic rings. The quantitative estimate of drug-likeness (QED) is 0.819. The van der Waals surface area contributed by atoms with Crippen molar-refractivity contribution < 1.29 is 13.9 Å². The molecule has 138 valence electrons. The number of hydrogen-bond donors (Lipinski definition) is 0. The van der Waals surface area contributed by atoms with Crippen LogP contribution in [0.5, 0.6) is 0 Å². The molecule has 3 rings (SSSR count). The summed E-state index contributed by atoms with van der Waals surface area (Å²) >= 11 is 0. The van der Waals surface area contributed by atoms with Gasteiger partial charge in [-0.15, -0.1) is 0 Å². The normalized spacial score (nSPS) is 18.6. The van der Waals surface area contributed by atoms with Gasteiger partial charge in [-0.1, -0.05) is 0 Å². The Hall–Kier alpha value is -1.98. The van der Waals surface area contributed by atoms with Crippen LogP contribution in [0.15, 0.2) is 18.2 Å². The van der Waals surface area contributed by atoms with Crippen LogP contribution in [-0.4, -0.2) is 55.9 Å². The number of benzene rings is 1. The molecule has 25 heavy (non-hydrogen) atoms. The lowest BCUT2D eigenvalue weighted by molar-refractivity contribution is 0.0240. The first kappa shape index (κ1) is 17.8. The second kappa shape index (κ2) is 7.10. The van der Waals surface area contributed by atoms with Crippen molar-refractivity contribution in [2.45, 2.75) is 39.2 Å². The zero-order valence-corrected chi connectivity index (χ0v) is 15.4. The number of nitrogens with zero attached hydrogens (tertiary/aromatic N) is 3. The summed E-state index contributed by atoms with van der Waals surface area (Å²) in [5.74, 6) is -0.196. The van der Waals surface area contributed by atoms with Crippen LogP contribution in [0.3, 0.4) is 0 Å². The van der Waals surface area contributed by atoms with E-state index < -0.39 is 5.60 Å². The molecule has 1 amide bonds. The van der Waals surface area contributed by atoms with E-state index in [0.29, 0.717) is 13.1 Å². The van der Waals surface area contributed by atoms with Crippen molar-refractivity contribution in [2.24, 2.45) is 0 Å². The molecule has 0 bridgehead atoms. The molecule has 1 aromatic carbocycles. The summed E-state index contributed by atoms with van der Waals surface area (Å²) in [6.07, 6.45) is 2.05. The van der Waals surface area contributed by atoms with Crippen LogP contribution in [0, 0.1) is 5.82 Å². The van der Waals surface area contributed by atoms with Crippen molar-refractivity contribution in [2.75, 3.05) is 49.1 Å². The van der Waals surface area contributed by atoms with Gasteiger partial charge in [-0.25, -0.2) is 9.18 Å². The minimum atomic E-state index is -0.478. The zero-order valence-electron chi connectivity index (χ0n) is 15.4.